The van der Waals surface area contributed by atoms with Crippen LogP contribution in [0, 0.1) is 0 Å². The van der Waals surface area contributed by atoms with Crippen molar-refractivity contribution in [3.8, 4) is 5.75 Å². The van der Waals surface area contributed by atoms with E-state index in [9.17, 15) is 0 Å². The Hall–Kier alpha value is -2.55. The maximum absolute atomic E-state index is 5.62. The van der Waals surface area contributed by atoms with Gasteiger partial charge < -0.3 is 9.15 Å². The third-order valence-electron chi connectivity index (χ3n) is 2.85. The fourth-order valence-electron chi connectivity index (χ4n) is 1.93. The standard InChI is InChI=1S/C16H13NO2/c1-18-14-8-4-2-6-12(14)10-11-16-17-13-7-3-5-9-15(13)19-16/h2-11H,1H3. The van der Waals surface area contributed by atoms with Gasteiger partial charge >= 0.3 is 0 Å². The molecule has 3 aromatic rings. The van der Waals surface area contributed by atoms with Crippen molar-refractivity contribution in [3.05, 3.63) is 60.0 Å². The minimum Gasteiger partial charge on any atom is -0.496 e. The Morgan fingerprint density at radius 2 is 1.79 bits per heavy atom. The predicted octanol–water partition coefficient (Wildman–Crippen LogP) is 4.01. The van der Waals surface area contributed by atoms with Gasteiger partial charge in [-0.25, -0.2) is 4.98 Å². The van der Waals surface area contributed by atoms with Gasteiger partial charge in [-0.15, -0.1) is 0 Å². The van der Waals surface area contributed by atoms with E-state index in [2.05, 4.69) is 4.98 Å². The molecule has 0 saturated carbocycles. The first-order chi connectivity index (χ1) is 9.36. The van der Waals surface area contributed by atoms with Crippen molar-refractivity contribution in [2.75, 3.05) is 7.11 Å². The quantitative estimate of drug-likeness (QED) is 0.705. The normalized spacial score (nSPS) is 11.2. The number of hydrogen-bond acceptors (Lipinski definition) is 3. The fraction of sp³-hybridized carbons (Fsp3) is 0.0625. The van der Waals surface area contributed by atoms with E-state index in [1.165, 1.54) is 0 Å². The molecular weight excluding hydrogens is 238 g/mol. The number of methoxy groups -OCH3 is 1. The van der Waals surface area contributed by atoms with Crippen molar-refractivity contribution in [2.45, 2.75) is 0 Å². The summed E-state index contributed by atoms with van der Waals surface area (Å²) in [5.41, 5.74) is 2.65. The summed E-state index contributed by atoms with van der Waals surface area (Å²) in [6, 6.07) is 15.5. The molecule has 0 saturated heterocycles. The van der Waals surface area contributed by atoms with Crippen LogP contribution in [0.3, 0.4) is 0 Å². The Bertz CT molecular complexity index is 695. The van der Waals surface area contributed by atoms with Gasteiger partial charge in [0.15, 0.2) is 5.58 Å². The van der Waals surface area contributed by atoms with Crippen molar-refractivity contribution < 1.29 is 9.15 Å². The zero-order valence-corrected chi connectivity index (χ0v) is 10.5. The van der Waals surface area contributed by atoms with Gasteiger partial charge in [-0.2, -0.15) is 0 Å². The van der Waals surface area contributed by atoms with Gasteiger partial charge in [0.2, 0.25) is 5.89 Å². The smallest absolute Gasteiger partial charge is 0.220 e. The van der Waals surface area contributed by atoms with Crippen LogP contribution in [0.15, 0.2) is 52.9 Å². The van der Waals surface area contributed by atoms with Crippen LogP contribution in [0.5, 0.6) is 5.75 Å². The second kappa shape index (κ2) is 4.98. The van der Waals surface area contributed by atoms with Crippen molar-refractivity contribution in [1.29, 1.82) is 0 Å². The SMILES string of the molecule is COc1ccccc1C=Cc1nc2ccccc2o1. The van der Waals surface area contributed by atoms with Crippen LogP contribution in [0.25, 0.3) is 23.3 Å². The van der Waals surface area contributed by atoms with Gasteiger partial charge in [0, 0.05) is 11.6 Å². The summed E-state index contributed by atoms with van der Waals surface area (Å²) < 4.78 is 10.9. The second-order valence-electron chi connectivity index (χ2n) is 4.10. The Morgan fingerprint density at radius 1 is 1.00 bits per heavy atom. The molecule has 19 heavy (non-hydrogen) atoms. The van der Waals surface area contributed by atoms with E-state index >= 15 is 0 Å². The lowest BCUT2D eigenvalue weighted by Gasteiger charge is -2.02. The van der Waals surface area contributed by atoms with Gasteiger partial charge in [0.25, 0.3) is 0 Å². The number of para-hydroxylation sites is 3. The first kappa shape index (κ1) is 11.5. The van der Waals surface area contributed by atoms with E-state index in [4.69, 9.17) is 9.15 Å². The van der Waals surface area contributed by atoms with E-state index in [1.807, 2.05) is 60.7 Å². The number of nitrogens with zero attached hydrogens (tertiary/aromatic N) is 1. The van der Waals surface area contributed by atoms with E-state index in [-0.39, 0.29) is 0 Å². The molecule has 3 heteroatoms. The molecule has 1 heterocycles. The van der Waals surface area contributed by atoms with Crippen LogP contribution in [0.4, 0.5) is 0 Å². The summed E-state index contributed by atoms with van der Waals surface area (Å²) in [5.74, 6) is 1.42. The van der Waals surface area contributed by atoms with Crippen LogP contribution in [0.1, 0.15) is 11.5 Å². The second-order valence-corrected chi connectivity index (χ2v) is 4.10. The lowest BCUT2D eigenvalue weighted by atomic mass is 10.2. The molecule has 0 bridgehead atoms. The number of hydrogen-bond donors (Lipinski definition) is 0. The van der Waals surface area contributed by atoms with Gasteiger partial charge in [0.1, 0.15) is 11.3 Å². The zero-order chi connectivity index (χ0) is 13.1. The molecule has 0 aliphatic carbocycles. The molecule has 0 unspecified atom stereocenters. The topological polar surface area (TPSA) is 35.3 Å². The van der Waals surface area contributed by atoms with Gasteiger partial charge in [-0.1, -0.05) is 30.3 Å². The third-order valence-corrected chi connectivity index (χ3v) is 2.85. The molecule has 0 spiro atoms. The molecule has 0 amide bonds. The number of oxazole rings is 1. The van der Waals surface area contributed by atoms with Crippen LogP contribution in [-0.2, 0) is 0 Å². The van der Waals surface area contributed by atoms with Crippen LogP contribution >= 0.6 is 0 Å². The predicted molar refractivity (Wildman–Crippen MR) is 75.9 cm³/mol. The van der Waals surface area contributed by atoms with Crippen molar-refractivity contribution in [1.82, 2.24) is 4.98 Å². The number of aromatic nitrogens is 1. The van der Waals surface area contributed by atoms with Crippen molar-refractivity contribution >= 4 is 23.3 Å². The molecule has 94 valence electrons. The molecule has 0 aliphatic rings. The number of fused-ring (bicyclic) bond motifs is 1. The molecule has 0 N–H and O–H groups in total. The molecule has 3 rings (SSSR count). The molecule has 3 nitrogen and oxygen atoms in total. The van der Waals surface area contributed by atoms with E-state index < -0.39 is 0 Å². The Balaban J connectivity index is 1.93. The molecule has 0 fully saturated rings. The average Bonchev–Trinajstić information content (AvgIpc) is 2.88. The Morgan fingerprint density at radius 3 is 2.63 bits per heavy atom. The number of rotatable bonds is 3. The highest BCUT2D eigenvalue weighted by molar-refractivity contribution is 5.76. The molecule has 0 atom stereocenters. The molecular formula is C16H13NO2. The summed E-state index contributed by atoms with van der Waals surface area (Å²) in [4.78, 5) is 4.39. The van der Waals surface area contributed by atoms with Gasteiger partial charge in [0.05, 0.1) is 7.11 Å². The van der Waals surface area contributed by atoms with Crippen molar-refractivity contribution in [2.24, 2.45) is 0 Å². The highest BCUT2D eigenvalue weighted by atomic mass is 16.5. The minimum absolute atomic E-state index is 0.590. The Labute approximate surface area is 111 Å². The van der Waals surface area contributed by atoms with Gasteiger partial charge in [-0.05, 0) is 24.3 Å². The van der Waals surface area contributed by atoms with Crippen LogP contribution in [-0.4, -0.2) is 12.1 Å². The minimum atomic E-state index is 0.590. The monoisotopic (exact) mass is 251 g/mol. The van der Waals surface area contributed by atoms with Crippen LogP contribution in [0.2, 0.25) is 0 Å². The maximum Gasteiger partial charge on any atom is 0.220 e. The fourth-order valence-corrected chi connectivity index (χ4v) is 1.93. The summed E-state index contributed by atoms with van der Waals surface area (Å²) >= 11 is 0. The Kier molecular flexibility index (Phi) is 3.02. The lowest BCUT2D eigenvalue weighted by molar-refractivity contribution is 0.414. The van der Waals surface area contributed by atoms with E-state index in [0.29, 0.717) is 5.89 Å². The zero-order valence-electron chi connectivity index (χ0n) is 10.5. The largest absolute Gasteiger partial charge is 0.496 e. The third kappa shape index (κ3) is 2.36. The maximum atomic E-state index is 5.62. The van der Waals surface area contributed by atoms with E-state index in [1.54, 1.807) is 7.11 Å². The molecule has 0 aliphatic heterocycles. The van der Waals surface area contributed by atoms with Crippen molar-refractivity contribution in [3.63, 3.8) is 0 Å². The summed E-state index contributed by atoms with van der Waals surface area (Å²) in [6.45, 7) is 0. The highest BCUT2D eigenvalue weighted by Crippen LogP contribution is 2.21. The first-order valence-electron chi connectivity index (χ1n) is 6.03. The number of benzene rings is 2. The number of ether oxygens (including phenoxy) is 1. The molecule has 2 aromatic carbocycles. The summed E-state index contributed by atoms with van der Waals surface area (Å²) in [7, 11) is 1.66. The van der Waals surface area contributed by atoms with Crippen LogP contribution < -0.4 is 4.74 Å². The first-order valence-corrected chi connectivity index (χ1v) is 6.03. The molecule has 1 aromatic heterocycles. The molecule has 0 radical (unpaired) electrons. The summed E-state index contributed by atoms with van der Waals surface area (Å²) in [6.07, 6.45) is 3.78. The average molecular weight is 251 g/mol. The highest BCUT2D eigenvalue weighted by Gasteiger charge is 2.02. The van der Waals surface area contributed by atoms with Gasteiger partial charge in [-0.3, -0.25) is 0 Å². The van der Waals surface area contributed by atoms with E-state index in [0.717, 1.165) is 22.4 Å². The lowest BCUT2D eigenvalue weighted by Crippen LogP contribution is -1.85. The summed E-state index contributed by atoms with van der Waals surface area (Å²) in [5, 5.41) is 0.